The zero-order valence-corrected chi connectivity index (χ0v) is 19.6. The topological polar surface area (TPSA) is 78.8 Å². The highest BCUT2D eigenvalue weighted by Crippen LogP contribution is 2.36. The number of thioether (sulfide) groups is 1. The van der Waals surface area contributed by atoms with Gasteiger partial charge in [-0.05, 0) is 43.5 Å². The molecule has 4 rings (SSSR count). The van der Waals surface area contributed by atoms with Crippen LogP contribution in [-0.4, -0.2) is 48.8 Å². The summed E-state index contributed by atoms with van der Waals surface area (Å²) in [7, 11) is -3.11. The van der Waals surface area contributed by atoms with Gasteiger partial charge in [0.25, 0.3) is 0 Å². The van der Waals surface area contributed by atoms with Crippen LogP contribution in [0.4, 0.5) is 11.4 Å². The second-order valence-electron chi connectivity index (χ2n) is 8.13. The molecule has 1 N–H and O–H groups in total. The van der Waals surface area contributed by atoms with Crippen molar-refractivity contribution in [2.75, 3.05) is 27.5 Å². The largest absolute Gasteiger partial charge is 0.325 e. The van der Waals surface area contributed by atoms with Crippen LogP contribution >= 0.6 is 11.8 Å². The van der Waals surface area contributed by atoms with Gasteiger partial charge in [-0.3, -0.25) is 9.79 Å². The van der Waals surface area contributed by atoms with Crippen molar-refractivity contribution >= 4 is 44.0 Å². The predicted molar refractivity (Wildman–Crippen MR) is 129 cm³/mol. The molecule has 1 saturated heterocycles. The van der Waals surface area contributed by atoms with Crippen LogP contribution in [-0.2, 0) is 21.1 Å². The van der Waals surface area contributed by atoms with Crippen molar-refractivity contribution in [2.45, 2.75) is 39.3 Å². The number of hydrogen-bond acceptors (Lipinski definition) is 6. The highest BCUT2D eigenvalue weighted by atomic mass is 32.2. The summed E-state index contributed by atoms with van der Waals surface area (Å²) in [6.07, 6.45) is 0.842. The number of nitrogens with one attached hydrogen (secondary N) is 1. The van der Waals surface area contributed by atoms with Crippen LogP contribution in [0.25, 0.3) is 0 Å². The SMILES string of the molecule is CCc1ccccc1NC(=O)CSC1=N[C@H]2CS(=O)(=O)C[C@@H]2N1c1ccc(C)cc1C. The molecule has 0 spiro atoms. The summed E-state index contributed by atoms with van der Waals surface area (Å²) in [4.78, 5) is 19.4. The maximum atomic E-state index is 12.6. The Morgan fingerprint density at radius 3 is 2.71 bits per heavy atom. The molecule has 2 aromatic carbocycles. The number of amidine groups is 1. The van der Waals surface area contributed by atoms with Gasteiger partial charge in [0.05, 0.1) is 29.3 Å². The van der Waals surface area contributed by atoms with Gasteiger partial charge in [-0.15, -0.1) is 0 Å². The molecule has 2 heterocycles. The third kappa shape index (κ3) is 4.65. The summed E-state index contributed by atoms with van der Waals surface area (Å²) in [6.45, 7) is 6.11. The first kappa shape index (κ1) is 21.9. The molecule has 2 aliphatic heterocycles. The van der Waals surface area contributed by atoms with Crippen LogP contribution in [0.5, 0.6) is 0 Å². The molecule has 2 aliphatic rings. The van der Waals surface area contributed by atoms with E-state index in [4.69, 9.17) is 4.99 Å². The van der Waals surface area contributed by atoms with E-state index >= 15 is 0 Å². The number of aryl methyl sites for hydroxylation is 3. The molecule has 0 bridgehead atoms. The Morgan fingerprint density at radius 2 is 1.97 bits per heavy atom. The average molecular weight is 458 g/mol. The number of aliphatic imine (C=N–C) groups is 1. The van der Waals surface area contributed by atoms with E-state index in [1.165, 1.54) is 11.8 Å². The van der Waals surface area contributed by atoms with Crippen LogP contribution < -0.4 is 10.2 Å². The zero-order valence-electron chi connectivity index (χ0n) is 18.0. The summed E-state index contributed by atoms with van der Waals surface area (Å²) in [5.74, 6) is 0.275. The third-order valence-corrected chi connectivity index (χ3v) is 8.39. The lowest BCUT2D eigenvalue weighted by molar-refractivity contribution is -0.113. The zero-order chi connectivity index (χ0) is 22.2. The number of para-hydroxylation sites is 1. The smallest absolute Gasteiger partial charge is 0.234 e. The molecule has 0 saturated carbocycles. The average Bonchev–Trinajstić information content (AvgIpc) is 3.18. The maximum absolute atomic E-state index is 12.6. The monoisotopic (exact) mass is 457 g/mol. The second kappa shape index (κ2) is 8.67. The molecule has 8 heteroatoms. The van der Waals surface area contributed by atoms with Crippen molar-refractivity contribution < 1.29 is 13.2 Å². The number of benzene rings is 2. The molecular formula is C23H27N3O3S2. The summed E-state index contributed by atoms with van der Waals surface area (Å²) >= 11 is 1.37. The van der Waals surface area contributed by atoms with E-state index in [1.807, 2.05) is 55.1 Å². The van der Waals surface area contributed by atoms with Crippen molar-refractivity contribution in [2.24, 2.45) is 4.99 Å². The van der Waals surface area contributed by atoms with Crippen LogP contribution in [0.3, 0.4) is 0 Å². The Bertz CT molecular complexity index is 1140. The quantitative estimate of drug-likeness (QED) is 0.743. The van der Waals surface area contributed by atoms with Crippen molar-refractivity contribution in [3.05, 3.63) is 59.2 Å². The van der Waals surface area contributed by atoms with Crippen molar-refractivity contribution in [1.29, 1.82) is 0 Å². The van der Waals surface area contributed by atoms with Crippen LogP contribution in [0.2, 0.25) is 0 Å². The van der Waals surface area contributed by atoms with Gasteiger partial charge in [-0.1, -0.05) is 54.6 Å². The number of amides is 1. The predicted octanol–water partition coefficient (Wildman–Crippen LogP) is 3.58. The van der Waals surface area contributed by atoms with Crippen LogP contribution in [0, 0.1) is 13.8 Å². The highest BCUT2D eigenvalue weighted by molar-refractivity contribution is 8.14. The molecule has 0 aromatic heterocycles. The molecule has 0 aliphatic carbocycles. The molecule has 164 valence electrons. The van der Waals surface area contributed by atoms with Crippen LogP contribution in [0.15, 0.2) is 47.5 Å². The highest BCUT2D eigenvalue weighted by Gasteiger charge is 2.47. The number of fused-ring (bicyclic) bond motifs is 1. The maximum Gasteiger partial charge on any atom is 0.234 e. The number of nitrogens with zero attached hydrogens (tertiary/aromatic N) is 2. The summed E-state index contributed by atoms with van der Waals surface area (Å²) in [5, 5.41) is 3.71. The van der Waals surface area contributed by atoms with Gasteiger partial charge in [0.2, 0.25) is 5.91 Å². The fourth-order valence-corrected chi connectivity index (χ4v) is 7.02. The Hall–Kier alpha value is -2.32. The van der Waals surface area contributed by atoms with Gasteiger partial charge in [0.1, 0.15) is 0 Å². The molecule has 2 atom stereocenters. The lowest BCUT2D eigenvalue weighted by Crippen LogP contribution is -2.39. The Morgan fingerprint density at radius 1 is 1.19 bits per heavy atom. The number of sulfone groups is 1. The van der Waals surface area contributed by atoms with E-state index in [0.717, 1.165) is 39.7 Å². The fourth-order valence-electron chi connectivity index (χ4n) is 4.26. The number of carbonyl (C=O) groups is 1. The van der Waals surface area contributed by atoms with Gasteiger partial charge >= 0.3 is 0 Å². The number of anilines is 2. The number of rotatable bonds is 5. The minimum Gasteiger partial charge on any atom is -0.325 e. The van der Waals surface area contributed by atoms with Crippen LogP contribution in [0.1, 0.15) is 23.6 Å². The molecule has 0 unspecified atom stereocenters. The lowest BCUT2D eigenvalue weighted by Gasteiger charge is -2.28. The molecule has 31 heavy (non-hydrogen) atoms. The Labute approximate surface area is 188 Å². The van der Waals surface area contributed by atoms with Crippen molar-refractivity contribution in [3.8, 4) is 0 Å². The molecule has 1 amide bonds. The summed E-state index contributed by atoms with van der Waals surface area (Å²) in [6, 6.07) is 13.4. The van der Waals surface area contributed by atoms with E-state index in [9.17, 15) is 13.2 Å². The lowest BCUT2D eigenvalue weighted by atomic mass is 10.1. The van der Waals surface area contributed by atoms with Gasteiger partial charge < -0.3 is 10.2 Å². The normalized spacial score (nSPS) is 21.6. The van der Waals surface area contributed by atoms with E-state index in [1.54, 1.807) is 0 Å². The first-order chi connectivity index (χ1) is 14.8. The van der Waals surface area contributed by atoms with Gasteiger partial charge in [0.15, 0.2) is 15.0 Å². The van der Waals surface area contributed by atoms with E-state index in [0.29, 0.717) is 0 Å². The number of hydrogen-bond donors (Lipinski definition) is 1. The van der Waals surface area contributed by atoms with Gasteiger partial charge in [-0.25, -0.2) is 8.42 Å². The summed E-state index contributed by atoms with van der Waals surface area (Å²) < 4.78 is 24.5. The van der Waals surface area contributed by atoms with Crippen molar-refractivity contribution in [1.82, 2.24) is 0 Å². The molecule has 1 fully saturated rings. The number of carbonyl (C=O) groups excluding carboxylic acids is 1. The molecular weight excluding hydrogens is 430 g/mol. The molecule has 0 radical (unpaired) electrons. The van der Waals surface area contributed by atoms with E-state index in [-0.39, 0.29) is 35.2 Å². The standard InChI is InChI=1S/C23H27N3O3S2/c1-4-17-7-5-6-8-18(17)24-22(27)12-30-23-25-19-13-31(28,29)14-21(19)26(23)20-10-9-15(2)11-16(20)3/h5-11,19,21H,4,12-14H2,1-3H3,(H,24,27)/t19-,21-/m0/s1. The second-order valence-corrected chi connectivity index (χ2v) is 11.2. The molecule has 6 nitrogen and oxygen atoms in total. The van der Waals surface area contributed by atoms with E-state index < -0.39 is 9.84 Å². The minimum absolute atomic E-state index is 0.0687. The van der Waals surface area contributed by atoms with Gasteiger partial charge in [0, 0.05) is 11.4 Å². The Kier molecular flexibility index (Phi) is 6.12. The van der Waals surface area contributed by atoms with E-state index in [2.05, 4.69) is 18.3 Å². The van der Waals surface area contributed by atoms with Gasteiger partial charge in [-0.2, -0.15) is 0 Å². The fraction of sp³-hybridized carbons (Fsp3) is 0.391. The molecule has 2 aromatic rings. The Balaban J connectivity index is 1.53. The minimum atomic E-state index is -3.11. The third-order valence-electron chi connectivity index (χ3n) is 5.72. The van der Waals surface area contributed by atoms with Crippen molar-refractivity contribution in [3.63, 3.8) is 0 Å². The first-order valence-corrected chi connectivity index (χ1v) is 13.2. The summed E-state index contributed by atoms with van der Waals surface area (Å²) in [5.41, 5.74) is 5.10. The first-order valence-electron chi connectivity index (χ1n) is 10.4.